The van der Waals surface area contributed by atoms with Crippen molar-refractivity contribution in [2.45, 2.75) is 125 Å². The summed E-state index contributed by atoms with van der Waals surface area (Å²) in [5.74, 6) is -8.15. The van der Waals surface area contributed by atoms with Crippen LogP contribution < -0.4 is 60.2 Å². The van der Waals surface area contributed by atoms with Gasteiger partial charge in [-0.1, -0.05) is 82.3 Å². The monoisotopic (exact) mass is 1100 g/mol. The van der Waals surface area contributed by atoms with Crippen LogP contribution in [0.4, 0.5) is 0 Å². The van der Waals surface area contributed by atoms with E-state index in [9.17, 15) is 53.7 Å². The van der Waals surface area contributed by atoms with Gasteiger partial charge in [0.2, 0.25) is 47.3 Å². The molecule has 5 rings (SSSR count). The van der Waals surface area contributed by atoms with Crippen molar-refractivity contribution in [3.63, 3.8) is 0 Å². The average Bonchev–Trinajstić information content (AvgIpc) is 3.79. The van der Waals surface area contributed by atoms with E-state index in [1.165, 1.54) is 52.0 Å². The number of H-pyrrole nitrogens is 1. The van der Waals surface area contributed by atoms with Crippen molar-refractivity contribution in [3.05, 3.63) is 102 Å². The summed E-state index contributed by atoms with van der Waals surface area (Å²) in [6.07, 6.45) is -1.83. The van der Waals surface area contributed by atoms with E-state index >= 15 is 0 Å². The number of nitrogens with zero attached hydrogens (tertiary/aromatic N) is 1. The van der Waals surface area contributed by atoms with Crippen LogP contribution in [0.1, 0.15) is 57.2 Å². The quantitative estimate of drug-likeness (QED) is 0.0238. The standard InChI is InChI=1S/C51H69N13O11S2/c1-26(65)39(42(53)68)62-49(75)41-51(3,4)77-76-25-38(61-43(69)33(52)21-28-11-6-5-7-12-28)47(73)59-36(22-29-16-18-31(67)19-17-29)45(71)60-37(23-30-24-57-34-14-9-8-13-32(30)34)46(72)58-35(15-10-20-56-50(54)55)44(70)63-40(27(2)66)48(74)64-41/h5-9,11-14,16-19,24,26-27,33,35-41,57,65-67H,10,15,20-23,25,52H2,1-4H3,(H2,53,68)(H,58,72)(H,59,73)(H,60,71)(H,61,69)(H,62,75)(H,63,70)(H,64,74)(H4,54,55,56). The van der Waals surface area contributed by atoms with E-state index in [-0.39, 0.29) is 56.1 Å². The largest absolute Gasteiger partial charge is 0.508 e. The number of hydrogen-bond donors (Lipinski definition) is 15. The molecule has 1 saturated heterocycles. The van der Waals surface area contributed by atoms with E-state index in [1.807, 2.05) is 6.07 Å². The fourth-order valence-corrected chi connectivity index (χ4v) is 11.0. The first-order valence-electron chi connectivity index (χ1n) is 24.7. The zero-order valence-corrected chi connectivity index (χ0v) is 44.6. The van der Waals surface area contributed by atoms with Gasteiger partial charge in [-0.2, -0.15) is 0 Å². The zero-order valence-electron chi connectivity index (χ0n) is 43.0. The summed E-state index contributed by atoms with van der Waals surface area (Å²) in [5, 5.41) is 50.6. The Balaban J connectivity index is 1.64. The maximum Gasteiger partial charge on any atom is 0.245 e. The average molecular weight is 1100 g/mol. The molecule has 0 aliphatic carbocycles. The van der Waals surface area contributed by atoms with Gasteiger partial charge in [0, 0.05) is 47.0 Å². The van der Waals surface area contributed by atoms with E-state index in [0.717, 1.165) is 27.2 Å². The number of carbonyl (C=O) groups is 8. The number of primary amides is 1. The second kappa shape index (κ2) is 28.1. The van der Waals surface area contributed by atoms with E-state index in [0.29, 0.717) is 22.0 Å². The molecule has 0 radical (unpaired) electrons. The Hall–Kier alpha value is -7.39. The molecule has 0 saturated carbocycles. The minimum absolute atomic E-state index is 0.00282. The Bertz CT molecular complexity index is 2740. The van der Waals surface area contributed by atoms with E-state index in [1.54, 1.807) is 54.7 Å². The Kier molecular flexibility index (Phi) is 22.1. The van der Waals surface area contributed by atoms with Gasteiger partial charge >= 0.3 is 0 Å². The fourth-order valence-electron chi connectivity index (χ4n) is 8.23. The highest BCUT2D eigenvalue weighted by atomic mass is 33.1. The predicted octanol–water partition coefficient (Wildman–Crippen LogP) is -1.90. The molecule has 1 aliphatic heterocycles. The Morgan fingerprint density at radius 2 is 1.38 bits per heavy atom. The number of phenolic OH excluding ortho intramolecular Hbond substituents is 1. The molecule has 77 heavy (non-hydrogen) atoms. The minimum Gasteiger partial charge on any atom is -0.508 e. The van der Waals surface area contributed by atoms with Crippen molar-refractivity contribution in [1.29, 1.82) is 0 Å². The molecule has 19 N–H and O–H groups in total. The lowest BCUT2D eigenvalue weighted by Crippen LogP contribution is -2.65. The van der Waals surface area contributed by atoms with Gasteiger partial charge in [0.1, 0.15) is 48.0 Å². The van der Waals surface area contributed by atoms with Crippen molar-refractivity contribution in [1.82, 2.24) is 42.2 Å². The number of nitrogens with one attached hydrogen (secondary N) is 8. The van der Waals surface area contributed by atoms with Gasteiger partial charge in [-0.25, -0.2) is 0 Å². The summed E-state index contributed by atoms with van der Waals surface area (Å²) in [4.78, 5) is 121. The lowest BCUT2D eigenvalue weighted by atomic mass is 9.99. The number of carbonyl (C=O) groups excluding carboxylic acids is 8. The van der Waals surface area contributed by atoms with Crippen LogP contribution in [0.25, 0.3) is 10.9 Å². The number of fused-ring (bicyclic) bond motifs is 1. The lowest BCUT2D eigenvalue weighted by molar-refractivity contribution is -0.137. The molecule has 10 atom stereocenters. The summed E-state index contributed by atoms with van der Waals surface area (Å²) in [7, 11) is 1.92. The smallest absolute Gasteiger partial charge is 0.245 e. The maximum absolute atomic E-state index is 14.9. The van der Waals surface area contributed by atoms with Gasteiger partial charge in [0.05, 0.1) is 18.2 Å². The van der Waals surface area contributed by atoms with Crippen LogP contribution in [-0.4, -0.2) is 151 Å². The maximum atomic E-state index is 14.9. The lowest BCUT2D eigenvalue weighted by Gasteiger charge is -2.36. The minimum atomic E-state index is -1.80. The Morgan fingerprint density at radius 1 is 0.766 bits per heavy atom. The first-order valence-corrected chi connectivity index (χ1v) is 27.0. The number of hydrogen-bond acceptors (Lipinski definition) is 15. The molecule has 4 aromatic rings. The number of aromatic amines is 1. The van der Waals surface area contributed by atoms with E-state index in [4.69, 9.17) is 22.9 Å². The molecule has 1 aliphatic rings. The Labute approximate surface area is 452 Å². The summed E-state index contributed by atoms with van der Waals surface area (Å²) in [5.41, 5.74) is 25.5. The highest BCUT2D eigenvalue weighted by Crippen LogP contribution is 2.39. The van der Waals surface area contributed by atoms with Crippen LogP contribution >= 0.6 is 21.6 Å². The van der Waals surface area contributed by atoms with Crippen molar-refractivity contribution in [3.8, 4) is 5.75 Å². The van der Waals surface area contributed by atoms with Crippen molar-refractivity contribution >= 4 is 85.7 Å². The number of amides is 8. The summed E-state index contributed by atoms with van der Waals surface area (Å²) >= 11 is 0. The second-order valence-electron chi connectivity index (χ2n) is 19.2. The molecule has 3 aromatic carbocycles. The molecule has 1 aromatic heterocycles. The summed E-state index contributed by atoms with van der Waals surface area (Å²) < 4.78 is -1.45. The number of para-hydroxylation sites is 1. The van der Waals surface area contributed by atoms with Crippen LogP contribution in [0.5, 0.6) is 5.75 Å². The van der Waals surface area contributed by atoms with E-state index < -0.39 is 113 Å². The second-order valence-corrected chi connectivity index (χ2v) is 22.2. The normalized spacial score (nSPS) is 22.5. The molecule has 10 unspecified atom stereocenters. The molecule has 0 bridgehead atoms. The summed E-state index contributed by atoms with van der Waals surface area (Å²) in [6.45, 7) is 5.45. The third-order valence-corrected chi connectivity index (χ3v) is 15.8. The van der Waals surface area contributed by atoms with Crippen LogP contribution in [0, 0.1) is 0 Å². The third-order valence-electron chi connectivity index (χ3n) is 12.5. The van der Waals surface area contributed by atoms with Crippen molar-refractivity contribution in [2.75, 3.05) is 12.3 Å². The zero-order chi connectivity index (χ0) is 56.6. The highest BCUT2D eigenvalue weighted by Gasteiger charge is 2.43. The predicted molar refractivity (Wildman–Crippen MR) is 292 cm³/mol. The number of nitrogens with two attached hydrogens (primary N) is 4. The molecular weight excluding hydrogens is 1030 g/mol. The van der Waals surface area contributed by atoms with Crippen LogP contribution in [0.15, 0.2) is 90.1 Å². The number of benzene rings is 3. The van der Waals surface area contributed by atoms with Gasteiger partial charge in [0.15, 0.2) is 5.96 Å². The van der Waals surface area contributed by atoms with Gasteiger partial charge in [0.25, 0.3) is 0 Å². The number of aromatic nitrogens is 1. The van der Waals surface area contributed by atoms with Gasteiger partial charge in [-0.15, -0.1) is 0 Å². The third kappa shape index (κ3) is 17.8. The first-order chi connectivity index (χ1) is 36.4. The molecule has 0 spiro atoms. The number of aliphatic hydroxyl groups excluding tert-OH is 2. The molecule has 2 heterocycles. The molecule has 416 valence electrons. The van der Waals surface area contributed by atoms with E-state index in [2.05, 4.69) is 47.2 Å². The molecule has 24 nitrogen and oxygen atoms in total. The fraction of sp³-hybridized carbons (Fsp3) is 0.431. The van der Waals surface area contributed by atoms with Gasteiger partial charge in [-0.05, 0) is 81.8 Å². The molecule has 1 fully saturated rings. The Morgan fingerprint density at radius 3 is 2.01 bits per heavy atom. The number of phenols is 1. The van der Waals surface area contributed by atoms with Gasteiger partial charge in [-0.3, -0.25) is 43.3 Å². The molecule has 26 heteroatoms. The number of guanidine groups is 1. The van der Waals surface area contributed by atoms with Crippen molar-refractivity contribution in [2.24, 2.45) is 27.9 Å². The first kappa shape index (κ1) is 60.5. The SMILES string of the molecule is CC(O)C(NC(=O)C1NC(=O)C(C(C)O)NC(=O)C(CCCN=C(N)N)NC(=O)C(Cc2c[nH]c3ccccc23)NC(=O)C(Cc2ccc(O)cc2)NC(=O)C(NC(=O)C(N)Cc2ccccc2)CSSC1(C)C)C(N)=O. The number of aliphatic imine (C=N–C) groups is 1. The number of rotatable bonds is 17. The highest BCUT2D eigenvalue weighted by molar-refractivity contribution is 8.77. The summed E-state index contributed by atoms with van der Waals surface area (Å²) in [6, 6.07) is 9.79. The molecular formula is C51H69N13O11S2. The molecule has 8 amide bonds. The van der Waals surface area contributed by atoms with Crippen LogP contribution in [0.3, 0.4) is 0 Å². The van der Waals surface area contributed by atoms with Gasteiger partial charge < -0.3 is 80.5 Å². The number of aliphatic hydroxyl groups is 2. The van der Waals surface area contributed by atoms with Crippen molar-refractivity contribution < 1.29 is 53.7 Å². The van der Waals surface area contributed by atoms with Crippen LogP contribution in [0.2, 0.25) is 0 Å². The van der Waals surface area contributed by atoms with Crippen LogP contribution in [-0.2, 0) is 57.6 Å². The topological polar surface area (TPSA) is 414 Å². The number of aromatic hydroxyl groups is 1.